The van der Waals surface area contributed by atoms with E-state index in [1.54, 1.807) is 24.3 Å². The van der Waals surface area contributed by atoms with E-state index in [1.165, 1.54) is 16.9 Å². The van der Waals surface area contributed by atoms with Gasteiger partial charge in [-0.05, 0) is 37.3 Å². The molecule has 28 heavy (non-hydrogen) atoms. The first-order valence-corrected chi connectivity index (χ1v) is 9.45. The number of nitrogens with one attached hydrogen (secondary N) is 2. The van der Waals surface area contributed by atoms with Crippen LogP contribution >= 0.6 is 11.3 Å². The largest absolute Gasteiger partial charge is 0.486 e. The van der Waals surface area contributed by atoms with Gasteiger partial charge in [-0.2, -0.15) is 0 Å². The lowest BCUT2D eigenvalue weighted by atomic mass is 10.2. The first kappa shape index (κ1) is 19.4. The van der Waals surface area contributed by atoms with Crippen LogP contribution in [0, 0.1) is 6.92 Å². The Labute approximate surface area is 166 Å². The summed E-state index contributed by atoms with van der Waals surface area (Å²) in [6, 6.07) is 13.9. The lowest BCUT2D eigenvalue weighted by molar-refractivity contribution is -0.115. The van der Waals surface area contributed by atoms with Crippen LogP contribution in [0.25, 0.3) is 0 Å². The van der Waals surface area contributed by atoms with Gasteiger partial charge < -0.3 is 21.1 Å². The summed E-state index contributed by atoms with van der Waals surface area (Å²) in [4.78, 5) is 27.6. The van der Waals surface area contributed by atoms with Gasteiger partial charge in [-0.3, -0.25) is 4.79 Å². The van der Waals surface area contributed by atoms with Crippen LogP contribution in [0.5, 0.6) is 5.75 Å². The fraction of sp³-hybridized carbons (Fsp3) is 0.150. The van der Waals surface area contributed by atoms with Gasteiger partial charge in [-0.1, -0.05) is 23.8 Å². The second-order valence-electron chi connectivity index (χ2n) is 6.13. The Bertz CT molecular complexity index is 970. The summed E-state index contributed by atoms with van der Waals surface area (Å²) < 4.78 is 5.71. The van der Waals surface area contributed by atoms with Gasteiger partial charge >= 0.3 is 6.03 Å². The third-order valence-electron chi connectivity index (χ3n) is 3.74. The van der Waals surface area contributed by atoms with Gasteiger partial charge in [-0.25, -0.2) is 9.78 Å². The highest BCUT2D eigenvalue weighted by Crippen LogP contribution is 2.18. The molecule has 0 radical (unpaired) electrons. The molecule has 3 amide bonds. The first-order valence-electron chi connectivity index (χ1n) is 8.57. The van der Waals surface area contributed by atoms with E-state index in [9.17, 15) is 9.59 Å². The van der Waals surface area contributed by atoms with E-state index >= 15 is 0 Å². The van der Waals surface area contributed by atoms with Crippen molar-refractivity contribution >= 4 is 34.6 Å². The Morgan fingerprint density at radius 3 is 2.54 bits per heavy atom. The molecular weight excluding hydrogens is 376 g/mol. The molecule has 0 aliphatic carbocycles. The summed E-state index contributed by atoms with van der Waals surface area (Å²) >= 11 is 1.45. The van der Waals surface area contributed by atoms with Crippen molar-refractivity contribution in [1.82, 2.24) is 4.98 Å². The number of benzene rings is 2. The molecule has 4 N–H and O–H groups in total. The van der Waals surface area contributed by atoms with Crippen molar-refractivity contribution in [3.63, 3.8) is 0 Å². The number of amides is 3. The van der Waals surface area contributed by atoms with E-state index in [0.29, 0.717) is 23.7 Å². The van der Waals surface area contributed by atoms with Crippen LogP contribution < -0.4 is 21.1 Å². The monoisotopic (exact) mass is 396 g/mol. The highest BCUT2D eigenvalue weighted by molar-refractivity contribution is 7.09. The molecule has 0 aliphatic rings. The van der Waals surface area contributed by atoms with Crippen LogP contribution in [0.1, 0.15) is 16.3 Å². The van der Waals surface area contributed by atoms with Gasteiger partial charge in [-0.15, -0.1) is 11.3 Å². The number of primary amides is 1. The van der Waals surface area contributed by atoms with Crippen LogP contribution in [0.2, 0.25) is 0 Å². The van der Waals surface area contributed by atoms with Crippen molar-refractivity contribution in [1.29, 1.82) is 0 Å². The van der Waals surface area contributed by atoms with Gasteiger partial charge in [0.25, 0.3) is 0 Å². The Balaban J connectivity index is 1.52. The van der Waals surface area contributed by atoms with Gasteiger partial charge in [0.2, 0.25) is 5.91 Å². The van der Waals surface area contributed by atoms with Crippen molar-refractivity contribution in [2.75, 3.05) is 10.6 Å². The predicted molar refractivity (Wildman–Crippen MR) is 110 cm³/mol. The van der Waals surface area contributed by atoms with Crippen LogP contribution in [0.15, 0.2) is 53.9 Å². The molecule has 1 heterocycles. The topological polar surface area (TPSA) is 106 Å². The number of carbonyl (C=O) groups is 2. The maximum absolute atomic E-state index is 12.2. The average molecular weight is 396 g/mol. The molecule has 0 saturated carbocycles. The Hall–Kier alpha value is -3.39. The number of thiazole rings is 1. The lowest BCUT2D eigenvalue weighted by Crippen LogP contribution is -2.19. The molecule has 3 aromatic rings. The number of aryl methyl sites for hydroxylation is 1. The second-order valence-corrected chi connectivity index (χ2v) is 7.07. The Morgan fingerprint density at radius 1 is 1.11 bits per heavy atom. The molecule has 0 atom stereocenters. The Kier molecular flexibility index (Phi) is 6.23. The first-order chi connectivity index (χ1) is 13.5. The quantitative estimate of drug-likeness (QED) is 0.566. The minimum Gasteiger partial charge on any atom is -0.486 e. The Morgan fingerprint density at radius 2 is 1.82 bits per heavy atom. The molecule has 0 unspecified atom stereocenters. The van der Waals surface area contributed by atoms with Gasteiger partial charge in [0.15, 0.2) is 0 Å². The highest BCUT2D eigenvalue weighted by Gasteiger charge is 2.09. The van der Waals surface area contributed by atoms with Crippen molar-refractivity contribution in [3.05, 3.63) is 70.2 Å². The van der Waals surface area contributed by atoms with Crippen molar-refractivity contribution in [3.8, 4) is 5.75 Å². The molecule has 7 nitrogen and oxygen atoms in total. The molecule has 0 fully saturated rings. The normalized spacial score (nSPS) is 10.3. The second kappa shape index (κ2) is 9.01. The minimum atomic E-state index is -0.661. The van der Waals surface area contributed by atoms with Gasteiger partial charge in [0.05, 0.1) is 12.1 Å². The van der Waals surface area contributed by atoms with Crippen LogP contribution in [0.3, 0.4) is 0 Å². The molecule has 1 aromatic heterocycles. The van der Waals surface area contributed by atoms with E-state index in [1.807, 2.05) is 36.6 Å². The van der Waals surface area contributed by atoms with Crippen LogP contribution in [-0.4, -0.2) is 16.9 Å². The van der Waals surface area contributed by atoms with E-state index < -0.39 is 6.03 Å². The zero-order chi connectivity index (χ0) is 19.9. The number of ether oxygens (including phenoxy) is 1. The van der Waals surface area contributed by atoms with Crippen molar-refractivity contribution in [2.45, 2.75) is 20.0 Å². The standard InChI is InChI=1S/C20H20N4O3S/c1-13-5-7-17(8-6-13)27-11-19-23-16(12-28-19)10-18(25)22-14-3-2-4-15(9-14)24-20(21)26/h2-9,12H,10-11H2,1H3,(H,22,25)(H3,21,24,26). The summed E-state index contributed by atoms with van der Waals surface area (Å²) in [6.45, 7) is 2.38. The molecule has 3 rings (SSSR count). The van der Waals surface area contributed by atoms with E-state index in [-0.39, 0.29) is 12.3 Å². The molecule has 144 valence electrons. The van der Waals surface area contributed by atoms with Crippen LogP contribution in [0.4, 0.5) is 16.2 Å². The molecular formula is C20H20N4O3S. The summed E-state index contributed by atoms with van der Waals surface area (Å²) in [7, 11) is 0. The van der Waals surface area contributed by atoms with Crippen LogP contribution in [-0.2, 0) is 17.8 Å². The SMILES string of the molecule is Cc1ccc(OCc2nc(CC(=O)Nc3cccc(NC(N)=O)c3)cs2)cc1. The third kappa shape index (κ3) is 5.82. The predicted octanol–water partition coefficient (Wildman–Crippen LogP) is 3.70. The van der Waals surface area contributed by atoms with Crippen molar-refractivity contribution < 1.29 is 14.3 Å². The molecule has 8 heteroatoms. The number of nitrogens with two attached hydrogens (primary N) is 1. The smallest absolute Gasteiger partial charge is 0.316 e. The summed E-state index contributed by atoms with van der Waals surface area (Å²) in [5.41, 5.74) is 8.02. The number of hydrogen-bond donors (Lipinski definition) is 3. The third-order valence-corrected chi connectivity index (χ3v) is 4.61. The van der Waals surface area contributed by atoms with E-state index in [2.05, 4.69) is 15.6 Å². The summed E-state index contributed by atoms with van der Waals surface area (Å²) in [5, 5.41) is 7.89. The van der Waals surface area contributed by atoms with Gasteiger partial charge in [0.1, 0.15) is 17.4 Å². The number of urea groups is 1. The molecule has 0 saturated heterocycles. The number of rotatable bonds is 7. The number of aromatic nitrogens is 1. The molecule has 2 aromatic carbocycles. The fourth-order valence-corrected chi connectivity index (χ4v) is 3.17. The molecule has 0 bridgehead atoms. The number of carbonyl (C=O) groups excluding carboxylic acids is 2. The van der Waals surface area contributed by atoms with Gasteiger partial charge in [0, 0.05) is 16.8 Å². The highest BCUT2D eigenvalue weighted by atomic mass is 32.1. The maximum atomic E-state index is 12.2. The van der Waals surface area contributed by atoms with E-state index in [4.69, 9.17) is 10.5 Å². The summed E-state index contributed by atoms with van der Waals surface area (Å²) in [6.07, 6.45) is 0.147. The lowest BCUT2D eigenvalue weighted by Gasteiger charge is -2.07. The zero-order valence-electron chi connectivity index (χ0n) is 15.3. The number of anilines is 2. The zero-order valence-corrected chi connectivity index (χ0v) is 16.1. The average Bonchev–Trinajstić information content (AvgIpc) is 3.08. The summed E-state index contributed by atoms with van der Waals surface area (Å²) in [5.74, 6) is 0.581. The number of hydrogen-bond acceptors (Lipinski definition) is 5. The maximum Gasteiger partial charge on any atom is 0.316 e. The number of nitrogens with zero attached hydrogens (tertiary/aromatic N) is 1. The van der Waals surface area contributed by atoms with Crippen molar-refractivity contribution in [2.24, 2.45) is 5.73 Å². The molecule has 0 spiro atoms. The minimum absolute atomic E-state index is 0.147. The van der Waals surface area contributed by atoms with E-state index in [0.717, 1.165) is 10.8 Å². The molecule has 0 aliphatic heterocycles. The fourth-order valence-electron chi connectivity index (χ4n) is 2.46.